The van der Waals surface area contributed by atoms with Crippen molar-refractivity contribution in [2.24, 2.45) is 0 Å². The normalized spacial score (nSPS) is 19.6. The molecular formula is C25H30N2O5. The van der Waals surface area contributed by atoms with Crippen molar-refractivity contribution < 1.29 is 24.6 Å². The maximum atomic E-state index is 13.4. The Balaban J connectivity index is 1.78. The summed E-state index contributed by atoms with van der Waals surface area (Å²) in [5, 5.41) is 22.5. The van der Waals surface area contributed by atoms with Crippen LogP contribution in [0, 0.1) is 0 Å². The van der Waals surface area contributed by atoms with E-state index in [2.05, 4.69) is 5.32 Å². The number of nitrogens with one attached hydrogen (secondary N) is 1. The lowest BCUT2D eigenvalue weighted by Crippen LogP contribution is -2.57. The van der Waals surface area contributed by atoms with Crippen molar-refractivity contribution in [3.63, 3.8) is 0 Å². The second-order valence-corrected chi connectivity index (χ2v) is 8.23. The standard InChI is InChI=1S/C25H30N2O5/c1-3-21-19-12-8-7-11-18(19)15-22(25(31)32)27(21)23(28)16(2)26-20(24(29)30)14-13-17-9-5-4-6-10-17/h4-12,16,20-22,26H,3,13-15H2,1-2H3,(H,29,30)(H,31,32)/t16?,20-,21-,22?/m0/s1. The molecule has 0 bridgehead atoms. The Bertz CT molecular complexity index is 962. The van der Waals surface area contributed by atoms with Crippen molar-refractivity contribution in [3.05, 3.63) is 71.3 Å². The Hall–Kier alpha value is -3.19. The highest BCUT2D eigenvalue weighted by Crippen LogP contribution is 2.36. The van der Waals surface area contributed by atoms with Gasteiger partial charge in [-0.2, -0.15) is 0 Å². The van der Waals surface area contributed by atoms with Crippen molar-refractivity contribution in [1.29, 1.82) is 0 Å². The van der Waals surface area contributed by atoms with Crippen LogP contribution in [0.5, 0.6) is 0 Å². The molecule has 1 heterocycles. The first kappa shape index (κ1) is 23.5. The molecule has 3 rings (SSSR count). The molecular weight excluding hydrogens is 408 g/mol. The number of fused-ring (bicyclic) bond motifs is 1. The summed E-state index contributed by atoms with van der Waals surface area (Å²) in [6.45, 7) is 3.52. The third-order valence-corrected chi connectivity index (χ3v) is 6.11. The van der Waals surface area contributed by atoms with Crippen LogP contribution in [-0.4, -0.2) is 51.1 Å². The maximum Gasteiger partial charge on any atom is 0.326 e. The van der Waals surface area contributed by atoms with Crippen molar-refractivity contribution in [3.8, 4) is 0 Å². The molecule has 0 saturated heterocycles. The third kappa shape index (κ3) is 5.16. The number of hydrogen-bond acceptors (Lipinski definition) is 4. The highest BCUT2D eigenvalue weighted by molar-refractivity contribution is 5.88. The van der Waals surface area contributed by atoms with E-state index in [1.807, 2.05) is 61.5 Å². The minimum atomic E-state index is -1.06. The molecule has 0 radical (unpaired) electrons. The predicted molar refractivity (Wildman–Crippen MR) is 120 cm³/mol. The van der Waals surface area contributed by atoms with Crippen molar-refractivity contribution in [2.75, 3.05) is 0 Å². The molecule has 1 aliphatic rings. The Morgan fingerprint density at radius 3 is 2.34 bits per heavy atom. The molecule has 7 nitrogen and oxygen atoms in total. The molecule has 32 heavy (non-hydrogen) atoms. The number of amides is 1. The van der Waals surface area contributed by atoms with E-state index >= 15 is 0 Å². The fourth-order valence-corrected chi connectivity index (χ4v) is 4.48. The number of hydrogen-bond donors (Lipinski definition) is 3. The molecule has 2 aromatic rings. The minimum absolute atomic E-state index is 0.233. The Kier molecular flexibility index (Phi) is 7.64. The lowest BCUT2D eigenvalue weighted by Gasteiger charge is -2.42. The minimum Gasteiger partial charge on any atom is -0.480 e. The van der Waals surface area contributed by atoms with Crippen LogP contribution in [0.2, 0.25) is 0 Å². The largest absolute Gasteiger partial charge is 0.480 e. The van der Waals surface area contributed by atoms with Crippen LogP contribution in [0.4, 0.5) is 0 Å². The van der Waals surface area contributed by atoms with Crippen molar-refractivity contribution in [1.82, 2.24) is 10.2 Å². The molecule has 1 amide bonds. The van der Waals surface area contributed by atoms with E-state index < -0.39 is 36.0 Å². The number of aryl methyl sites for hydroxylation is 1. The van der Waals surface area contributed by atoms with E-state index in [-0.39, 0.29) is 12.5 Å². The Morgan fingerprint density at radius 1 is 1.06 bits per heavy atom. The smallest absolute Gasteiger partial charge is 0.326 e. The Labute approximate surface area is 188 Å². The molecule has 0 fully saturated rings. The lowest BCUT2D eigenvalue weighted by molar-refractivity contribution is -0.155. The molecule has 0 aliphatic carbocycles. The van der Waals surface area contributed by atoms with E-state index in [1.54, 1.807) is 6.92 Å². The lowest BCUT2D eigenvalue weighted by atomic mass is 9.86. The second-order valence-electron chi connectivity index (χ2n) is 8.23. The molecule has 2 unspecified atom stereocenters. The van der Waals surface area contributed by atoms with Gasteiger partial charge < -0.3 is 15.1 Å². The monoisotopic (exact) mass is 438 g/mol. The average molecular weight is 439 g/mol. The van der Waals surface area contributed by atoms with Gasteiger partial charge in [0.05, 0.1) is 12.1 Å². The molecule has 0 aromatic heterocycles. The fourth-order valence-electron chi connectivity index (χ4n) is 4.48. The third-order valence-electron chi connectivity index (χ3n) is 6.11. The predicted octanol–water partition coefficient (Wildman–Crippen LogP) is 3.04. The van der Waals surface area contributed by atoms with Crippen LogP contribution in [0.3, 0.4) is 0 Å². The van der Waals surface area contributed by atoms with Crippen LogP contribution >= 0.6 is 0 Å². The van der Waals surface area contributed by atoms with Crippen LogP contribution in [-0.2, 0) is 27.2 Å². The number of carbonyl (C=O) groups excluding carboxylic acids is 1. The number of benzene rings is 2. The van der Waals surface area contributed by atoms with E-state index in [9.17, 15) is 24.6 Å². The average Bonchev–Trinajstić information content (AvgIpc) is 2.80. The maximum absolute atomic E-state index is 13.4. The van der Waals surface area contributed by atoms with Gasteiger partial charge in [-0.15, -0.1) is 0 Å². The summed E-state index contributed by atoms with van der Waals surface area (Å²) < 4.78 is 0. The highest BCUT2D eigenvalue weighted by Gasteiger charge is 2.42. The van der Waals surface area contributed by atoms with E-state index in [0.717, 1.165) is 16.7 Å². The fraction of sp³-hybridized carbons (Fsp3) is 0.400. The molecule has 3 N–H and O–H groups in total. The quantitative estimate of drug-likeness (QED) is 0.556. The van der Waals surface area contributed by atoms with Gasteiger partial charge in [0.1, 0.15) is 12.1 Å². The number of nitrogens with zero attached hydrogens (tertiary/aromatic N) is 1. The van der Waals surface area contributed by atoms with Crippen LogP contribution in [0.1, 0.15) is 49.4 Å². The SMILES string of the molecule is CC[C@H]1c2ccccc2CC(C(=O)O)N1C(=O)C(C)N[C@@H](CCc1ccccc1)C(=O)O. The number of carbonyl (C=O) groups is 3. The molecule has 170 valence electrons. The summed E-state index contributed by atoms with van der Waals surface area (Å²) in [4.78, 5) is 38.7. The zero-order chi connectivity index (χ0) is 23.3. The Morgan fingerprint density at radius 2 is 1.72 bits per heavy atom. The number of aliphatic carboxylic acids is 2. The van der Waals surface area contributed by atoms with Gasteiger partial charge in [-0.25, -0.2) is 4.79 Å². The molecule has 0 spiro atoms. The van der Waals surface area contributed by atoms with Gasteiger partial charge in [-0.05, 0) is 42.9 Å². The van der Waals surface area contributed by atoms with E-state index in [4.69, 9.17) is 0 Å². The molecule has 1 aliphatic heterocycles. The van der Waals surface area contributed by atoms with Gasteiger partial charge in [-0.3, -0.25) is 14.9 Å². The number of rotatable bonds is 9. The first-order valence-electron chi connectivity index (χ1n) is 11.0. The topological polar surface area (TPSA) is 107 Å². The first-order valence-corrected chi connectivity index (χ1v) is 11.0. The van der Waals surface area contributed by atoms with Gasteiger partial charge in [0.2, 0.25) is 5.91 Å². The van der Waals surface area contributed by atoms with Crippen molar-refractivity contribution in [2.45, 2.75) is 63.7 Å². The molecule has 7 heteroatoms. The summed E-state index contributed by atoms with van der Waals surface area (Å²) >= 11 is 0. The van der Waals surface area contributed by atoms with Crippen LogP contribution < -0.4 is 5.32 Å². The van der Waals surface area contributed by atoms with Gasteiger partial charge in [0.25, 0.3) is 0 Å². The van der Waals surface area contributed by atoms with Crippen LogP contribution in [0.15, 0.2) is 54.6 Å². The summed E-state index contributed by atoms with van der Waals surface area (Å²) in [6.07, 6.45) is 1.67. The van der Waals surface area contributed by atoms with E-state index in [1.165, 1.54) is 4.90 Å². The zero-order valence-electron chi connectivity index (χ0n) is 18.4. The van der Waals surface area contributed by atoms with Gasteiger partial charge >= 0.3 is 11.9 Å². The summed E-state index contributed by atoms with van der Waals surface area (Å²) in [7, 11) is 0. The molecule has 0 saturated carbocycles. The van der Waals surface area contributed by atoms with Crippen LogP contribution in [0.25, 0.3) is 0 Å². The molecule has 4 atom stereocenters. The van der Waals surface area contributed by atoms with Gasteiger partial charge in [0.15, 0.2) is 0 Å². The van der Waals surface area contributed by atoms with Gasteiger partial charge in [0, 0.05) is 6.42 Å². The second kappa shape index (κ2) is 10.4. The highest BCUT2D eigenvalue weighted by atomic mass is 16.4. The summed E-state index contributed by atoms with van der Waals surface area (Å²) in [5.74, 6) is -2.49. The van der Waals surface area contributed by atoms with E-state index in [0.29, 0.717) is 19.3 Å². The number of carboxylic acids is 2. The van der Waals surface area contributed by atoms with Crippen molar-refractivity contribution >= 4 is 17.8 Å². The molecule has 2 aromatic carbocycles. The van der Waals surface area contributed by atoms with Gasteiger partial charge in [-0.1, -0.05) is 61.5 Å². The number of carboxylic acid groups (broad SMARTS) is 2. The summed E-state index contributed by atoms with van der Waals surface area (Å²) in [5.41, 5.74) is 2.90. The zero-order valence-corrected chi connectivity index (χ0v) is 18.4. The summed E-state index contributed by atoms with van der Waals surface area (Å²) in [6, 6.07) is 14.0. The first-order chi connectivity index (χ1) is 15.3.